The van der Waals surface area contributed by atoms with Crippen molar-refractivity contribution in [2.24, 2.45) is 0 Å². The molecule has 2 rings (SSSR count). The van der Waals surface area contributed by atoms with Crippen molar-refractivity contribution in [3.05, 3.63) is 23.8 Å². The van der Waals surface area contributed by atoms with Crippen LogP contribution in [0.4, 0.5) is 0 Å². The van der Waals surface area contributed by atoms with Crippen molar-refractivity contribution in [3.63, 3.8) is 0 Å². The number of amides is 1. The lowest BCUT2D eigenvalue weighted by Gasteiger charge is -2.26. The third-order valence-corrected chi connectivity index (χ3v) is 3.25. The van der Waals surface area contributed by atoms with Gasteiger partial charge in [-0.1, -0.05) is 6.07 Å². The summed E-state index contributed by atoms with van der Waals surface area (Å²) in [4.78, 5) is 10.9. The molecule has 1 atom stereocenters. The van der Waals surface area contributed by atoms with Gasteiger partial charge in [-0.25, -0.2) is 0 Å². The SMILES string of the molecule is COc1ccc2c(c1)OCCC2CCNC(C)=O. The lowest BCUT2D eigenvalue weighted by Crippen LogP contribution is -2.24. The normalized spacial score (nSPS) is 17.6. The molecule has 98 valence electrons. The monoisotopic (exact) mass is 249 g/mol. The number of nitrogens with one attached hydrogen (secondary N) is 1. The maximum Gasteiger partial charge on any atom is 0.216 e. The van der Waals surface area contributed by atoms with E-state index in [1.165, 1.54) is 5.56 Å². The molecule has 1 aliphatic rings. The van der Waals surface area contributed by atoms with Gasteiger partial charge in [0.2, 0.25) is 5.91 Å². The number of carbonyl (C=O) groups excluding carboxylic acids is 1. The molecule has 18 heavy (non-hydrogen) atoms. The summed E-state index contributed by atoms with van der Waals surface area (Å²) in [5, 5.41) is 2.84. The molecule has 1 aliphatic heterocycles. The maximum atomic E-state index is 10.9. The van der Waals surface area contributed by atoms with Crippen LogP contribution in [-0.2, 0) is 4.79 Å². The first-order valence-corrected chi connectivity index (χ1v) is 6.26. The Morgan fingerprint density at radius 1 is 1.56 bits per heavy atom. The molecule has 0 saturated heterocycles. The minimum atomic E-state index is 0.0250. The van der Waals surface area contributed by atoms with Crippen LogP contribution in [0.25, 0.3) is 0 Å². The molecule has 0 aliphatic carbocycles. The van der Waals surface area contributed by atoms with Crippen molar-refractivity contribution in [3.8, 4) is 11.5 Å². The summed E-state index contributed by atoms with van der Waals surface area (Å²) < 4.78 is 10.8. The van der Waals surface area contributed by atoms with Gasteiger partial charge in [-0.15, -0.1) is 0 Å². The summed E-state index contributed by atoms with van der Waals surface area (Å²) in [7, 11) is 1.65. The first kappa shape index (κ1) is 12.7. The van der Waals surface area contributed by atoms with Crippen molar-refractivity contribution >= 4 is 5.91 Å². The Hall–Kier alpha value is -1.71. The number of methoxy groups -OCH3 is 1. The van der Waals surface area contributed by atoms with Gasteiger partial charge in [0.1, 0.15) is 11.5 Å². The molecule has 0 spiro atoms. The van der Waals surface area contributed by atoms with Gasteiger partial charge in [-0.2, -0.15) is 0 Å². The smallest absolute Gasteiger partial charge is 0.216 e. The molecule has 0 aromatic heterocycles. The Bertz CT molecular complexity index is 431. The van der Waals surface area contributed by atoms with Gasteiger partial charge in [0.15, 0.2) is 0 Å². The molecular formula is C14H19NO3. The quantitative estimate of drug-likeness (QED) is 0.888. The van der Waals surface area contributed by atoms with E-state index >= 15 is 0 Å². The molecule has 0 saturated carbocycles. The van der Waals surface area contributed by atoms with Crippen LogP contribution in [0.5, 0.6) is 11.5 Å². The molecular weight excluding hydrogens is 230 g/mol. The zero-order valence-electron chi connectivity index (χ0n) is 10.9. The fourth-order valence-corrected chi connectivity index (χ4v) is 2.29. The van der Waals surface area contributed by atoms with E-state index in [4.69, 9.17) is 9.47 Å². The van der Waals surface area contributed by atoms with Crippen molar-refractivity contribution in [1.29, 1.82) is 0 Å². The molecule has 0 bridgehead atoms. The maximum absolute atomic E-state index is 10.9. The fourth-order valence-electron chi connectivity index (χ4n) is 2.29. The summed E-state index contributed by atoms with van der Waals surface area (Å²) >= 11 is 0. The molecule has 0 fully saturated rings. The third kappa shape index (κ3) is 2.94. The number of carbonyl (C=O) groups is 1. The number of hydrogen-bond acceptors (Lipinski definition) is 3. The van der Waals surface area contributed by atoms with Gasteiger partial charge < -0.3 is 14.8 Å². The molecule has 1 aromatic carbocycles. The van der Waals surface area contributed by atoms with Crippen molar-refractivity contribution < 1.29 is 14.3 Å². The first-order valence-electron chi connectivity index (χ1n) is 6.26. The topological polar surface area (TPSA) is 47.6 Å². The van der Waals surface area contributed by atoms with Crippen LogP contribution in [-0.4, -0.2) is 26.2 Å². The van der Waals surface area contributed by atoms with Gasteiger partial charge >= 0.3 is 0 Å². The number of fused-ring (bicyclic) bond motifs is 1. The second-order valence-corrected chi connectivity index (χ2v) is 4.51. The molecule has 4 nitrogen and oxygen atoms in total. The van der Waals surface area contributed by atoms with Crippen LogP contribution in [0.3, 0.4) is 0 Å². The van der Waals surface area contributed by atoms with E-state index in [1.54, 1.807) is 14.0 Å². The number of hydrogen-bond donors (Lipinski definition) is 1. The van der Waals surface area contributed by atoms with Crippen LogP contribution >= 0.6 is 0 Å². The standard InChI is InChI=1S/C14H19NO3/c1-10(16)15-7-5-11-6-8-18-14-9-12(17-2)3-4-13(11)14/h3-4,9,11H,5-8H2,1-2H3,(H,15,16). The summed E-state index contributed by atoms with van der Waals surface area (Å²) in [6, 6.07) is 5.95. The minimum absolute atomic E-state index is 0.0250. The zero-order chi connectivity index (χ0) is 13.0. The Kier molecular flexibility index (Phi) is 4.07. The number of benzene rings is 1. The van der Waals surface area contributed by atoms with Crippen LogP contribution in [0.1, 0.15) is 31.2 Å². The van der Waals surface area contributed by atoms with Crippen LogP contribution < -0.4 is 14.8 Å². The Labute approximate surface area is 107 Å². The molecule has 1 amide bonds. The molecule has 1 aromatic rings. The second kappa shape index (κ2) is 5.76. The highest BCUT2D eigenvalue weighted by Crippen LogP contribution is 2.37. The summed E-state index contributed by atoms with van der Waals surface area (Å²) in [6.45, 7) is 2.99. The minimum Gasteiger partial charge on any atom is -0.497 e. The van der Waals surface area contributed by atoms with E-state index < -0.39 is 0 Å². The number of rotatable bonds is 4. The van der Waals surface area contributed by atoms with E-state index in [9.17, 15) is 4.79 Å². The van der Waals surface area contributed by atoms with Gasteiger partial charge in [0.25, 0.3) is 0 Å². The van der Waals surface area contributed by atoms with Gasteiger partial charge in [-0.05, 0) is 30.4 Å². The van der Waals surface area contributed by atoms with Gasteiger partial charge in [0.05, 0.1) is 13.7 Å². The summed E-state index contributed by atoms with van der Waals surface area (Å²) in [5.74, 6) is 2.20. The average Bonchev–Trinajstić information content (AvgIpc) is 2.38. The molecule has 1 heterocycles. The van der Waals surface area contributed by atoms with E-state index in [0.717, 1.165) is 30.9 Å². The fraction of sp³-hybridized carbons (Fsp3) is 0.500. The van der Waals surface area contributed by atoms with Gasteiger partial charge in [-0.3, -0.25) is 4.79 Å². The summed E-state index contributed by atoms with van der Waals surface area (Å²) in [6.07, 6.45) is 1.95. The van der Waals surface area contributed by atoms with Crippen molar-refractivity contribution in [2.75, 3.05) is 20.3 Å². The average molecular weight is 249 g/mol. The third-order valence-electron chi connectivity index (χ3n) is 3.25. The Morgan fingerprint density at radius 3 is 3.11 bits per heavy atom. The van der Waals surface area contributed by atoms with Crippen LogP contribution in [0.15, 0.2) is 18.2 Å². The van der Waals surface area contributed by atoms with Gasteiger partial charge in [0, 0.05) is 19.5 Å². The predicted molar refractivity (Wildman–Crippen MR) is 69.1 cm³/mol. The van der Waals surface area contributed by atoms with Crippen LogP contribution in [0.2, 0.25) is 0 Å². The van der Waals surface area contributed by atoms with E-state index in [-0.39, 0.29) is 5.91 Å². The van der Waals surface area contributed by atoms with E-state index in [2.05, 4.69) is 11.4 Å². The Balaban J connectivity index is 2.05. The molecule has 4 heteroatoms. The van der Waals surface area contributed by atoms with E-state index in [0.29, 0.717) is 12.5 Å². The highest BCUT2D eigenvalue weighted by Gasteiger charge is 2.21. The van der Waals surface area contributed by atoms with Crippen molar-refractivity contribution in [2.45, 2.75) is 25.7 Å². The highest BCUT2D eigenvalue weighted by atomic mass is 16.5. The predicted octanol–water partition coefficient (Wildman–Crippen LogP) is 2.09. The van der Waals surface area contributed by atoms with Crippen molar-refractivity contribution in [1.82, 2.24) is 5.32 Å². The number of ether oxygens (including phenoxy) is 2. The largest absolute Gasteiger partial charge is 0.497 e. The second-order valence-electron chi connectivity index (χ2n) is 4.51. The Morgan fingerprint density at radius 2 is 2.39 bits per heavy atom. The molecule has 1 unspecified atom stereocenters. The molecule has 0 radical (unpaired) electrons. The first-order chi connectivity index (χ1) is 8.70. The lowest BCUT2D eigenvalue weighted by molar-refractivity contribution is -0.118. The lowest BCUT2D eigenvalue weighted by atomic mass is 9.90. The molecule has 1 N–H and O–H groups in total. The zero-order valence-corrected chi connectivity index (χ0v) is 10.9. The summed E-state index contributed by atoms with van der Waals surface area (Å²) in [5.41, 5.74) is 1.22. The van der Waals surface area contributed by atoms with E-state index in [1.807, 2.05) is 12.1 Å². The van der Waals surface area contributed by atoms with Crippen LogP contribution in [0, 0.1) is 0 Å². The highest BCUT2D eigenvalue weighted by molar-refractivity contribution is 5.72.